The van der Waals surface area contributed by atoms with E-state index in [1.807, 2.05) is 25.1 Å². The highest BCUT2D eigenvalue weighted by Gasteiger charge is 2.33. The van der Waals surface area contributed by atoms with Gasteiger partial charge in [-0.1, -0.05) is 15.9 Å². The summed E-state index contributed by atoms with van der Waals surface area (Å²) >= 11 is 5.07. The SMILES string of the molecule is C[C@@H]1Cc2cc(Br)ccc2N1C(=O)c1cnc2sc3c(n2c1=O)CCCC3. The summed E-state index contributed by atoms with van der Waals surface area (Å²) in [6.07, 6.45) is 6.35. The van der Waals surface area contributed by atoms with Crippen LogP contribution in [0.15, 0.2) is 33.7 Å². The minimum Gasteiger partial charge on any atom is -0.305 e. The van der Waals surface area contributed by atoms with E-state index >= 15 is 0 Å². The number of nitrogens with zero attached hydrogens (tertiary/aromatic N) is 3. The molecule has 7 heteroatoms. The van der Waals surface area contributed by atoms with E-state index in [-0.39, 0.29) is 23.1 Å². The molecule has 1 aliphatic carbocycles. The van der Waals surface area contributed by atoms with Gasteiger partial charge in [-0.2, -0.15) is 0 Å². The summed E-state index contributed by atoms with van der Waals surface area (Å²) in [6.45, 7) is 2.02. The first-order valence-electron chi connectivity index (χ1n) is 9.19. The zero-order chi connectivity index (χ0) is 18.7. The zero-order valence-corrected chi connectivity index (χ0v) is 17.3. The lowest BCUT2D eigenvalue weighted by Crippen LogP contribution is -2.39. The number of carbonyl (C=O) groups excluding carboxylic acids is 1. The molecule has 3 aromatic rings. The van der Waals surface area contributed by atoms with Gasteiger partial charge in [-0.05, 0) is 62.8 Å². The molecule has 5 nitrogen and oxygen atoms in total. The summed E-state index contributed by atoms with van der Waals surface area (Å²) in [4.78, 5) is 34.7. The van der Waals surface area contributed by atoms with Gasteiger partial charge in [0, 0.05) is 33.0 Å². The number of aryl methyl sites for hydroxylation is 2. The highest BCUT2D eigenvalue weighted by Crippen LogP contribution is 2.35. The molecule has 3 heterocycles. The Bertz CT molecular complexity index is 1150. The molecule has 0 unspecified atom stereocenters. The normalized spacial score (nSPS) is 18.6. The maximum absolute atomic E-state index is 13.3. The van der Waals surface area contributed by atoms with Gasteiger partial charge in [-0.15, -0.1) is 11.3 Å². The number of rotatable bonds is 1. The van der Waals surface area contributed by atoms with Crippen molar-refractivity contribution >= 4 is 43.8 Å². The smallest absolute Gasteiger partial charge is 0.271 e. The third kappa shape index (κ3) is 2.59. The van der Waals surface area contributed by atoms with Crippen LogP contribution in [0.4, 0.5) is 5.69 Å². The van der Waals surface area contributed by atoms with E-state index < -0.39 is 0 Å². The van der Waals surface area contributed by atoms with Crippen molar-refractivity contribution in [3.63, 3.8) is 0 Å². The maximum atomic E-state index is 13.3. The van der Waals surface area contributed by atoms with Crippen molar-refractivity contribution in [3.05, 3.63) is 60.9 Å². The first kappa shape index (κ1) is 17.1. The summed E-state index contributed by atoms with van der Waals surface area (Å²) in [5, 5.41) is 0. The van der Waals surface area contributed by atoms with Gasteiger partial charge in [0.05, 0.1) is 0 Å². The molecule has 27 heavy (non-hydrogen) atoms. The van der Waals surface area contributed by atoms with Crippen LogP contribution in [-0.2, 0) is 19.3 Å². The number of thiazole rings is 1. The molecule has 0 spiro atoms. The molecule has 2 aromatic heterocycles. The number of halogens is 1. The van der Waals surface area contributed by atoms with Gasteiger partial charge in [0.15, 0.2) is 4.96 Å². The minimum atomic E-state index is -0.258. The Kier molecular flexibility index (Phi) is 3.98. The molecule has 0 saturated carbocycles. The molecule has 1 aliphatic heterocycles. The van der Waals surface area contributed by atoms with Crippen LogP contribution < -0.4 is 10.5 Å². The lowest BCUT2D eigenvalue weighted by atomic mass is 10.0. The molecule has 0 radical (unpaired) electrons. The van der Waals surface area contributed by atoms with Gasteiger partial charge < -0.3 is 4.90 Å². The number of benzene rings is 1. The lowest BCUT2D eigenvalue weighted by Gasteiger charge is -2.22. The third-order valence-electron chi connectivity index (χ3n) is 5.51. The quantitative estimate of drug-likeness (QED) is 0.571. The summed E-state index contributed by atoms with van der Waals surface area (Å²) in [7, 11) is 0. The van der Waals surface area contributed by atoms with Crippen LogP contribution in [0.2, 0.25) is 0 Å². The van der Waals surface area contributed by atoms with Crippen LogP contribution in [0.1, 0.15) is 46.3 Å². The molecule has 1 aromatic carbocycles. The van der Waals surface area contributed by atoms with Crippen LogP contribution in [0, 0.1) is 0 Å². The van der Waals surface area contributed by atoms with E-state index in [1.54, 1.807) is 20.6 Å². The number of anilines is 1. The Hall–Kier alpha value is -1.99. The second-order valence-electron chi connectivity index (χ2n) is 7.28. The average molecular weight is 444 g/mol. The molecular formula is C20H18BrN3O2S. The number of hydrogen-bond donors (Lipinski definition) is 0. The Morgan fingerprint density at radius 3 is 2.96 bits per heavy atom. The van der Waals surface area contributed by atoms with Gasteiger partial charge >= 0.3 is 0 Å². The van der Waals surface area contributed by atoms with Crippen molar-refractivity contribution in [1.29, 1.82) is 0 Å². The maximum Gasteiger partial charge on any atom is 0.271 e. The predicted octanol–water partition coefficient (Wildman–Crippen LogP) is 3.99. The molecule has 0 bridgehead atoms. The van der Waals surface area contributed by atoms with Gasteiger partial charge in [-0.25, -0.2) is 4.98 Å². The summed E-state index contributed by atoms with van der Waals surface area (Å²) in [6, 6.07) is 5.93. The van der Waals surface area contributed by atoms with E-state index in [0.717, 1.165) is 53.5 Å². The first-order valence-corrected chi connectivity index (χ1v) is 10.8. The number of aromatic nitrogens is 2. The number of amides is 1. The fourth-order valence-corrected chi connectivity index (χ4v) is 5.83. The second kappa shape index (κ2) is 6.27. The van der Waals surface area contributed by atoms with Crippen molar-refractivity contribution in [2.75, 3.05) is 4.90 Å². The summed E-state index contributed by atoms with van der Waals surface area (Å²) in [5.74, 6) is -0.258. The van der Waals surface area contributed by atoms with Gasteiger partial charge in [0.2, 0.25) is 0 Å². The average Bonchev–Trinajstić information content (AvgIpc) is 3.18. The molecule has 0 N–H and O–H groups in total. The van der Waals surface area contributed by atoms with Crippen molar-refractivity contribution < 1.29 is 4.79 Å². The van der Waals surface area contributed by atoms with E-state index in [1.165, 1.54) is 11.1 Å². The molecule has 0 fully saturated rings. The van der Waals surface area contributed by atoms with E-state index in [9.17, 15) is 9.59 Å². The summed E-state index contributed by atoms with van der Waals surface area (Å²) in [5.41, 5.74) is 2.97. The molecule has 0 saturated heterocycles. The molecule has 5 rings (SSSR count). The Balaban J connectivity index is 1.63. The molecule has 2 aliphatic rings. The van der Waals surface area contributed by atoms with E-state index in [2.05, 4.69) is 20.9 Å². The number of carbonyl (C=O) groups is 1. The first-order chi connectivity index (χ1) is 13.0. The van der Waals surface area contributed by atoms with Crippen molar-refractivity contribution in [2.24, 2.45) is 0 Å². The van der Waals surface area contributed by atoms with Crippen LogP contribution in [0.3, 0.4) is 0 Å². The highest BCUT2D eigenvalue weighted by molar-refractivity contribution is 9.10. The molecule has 1 amide bonds. The van der Waals surface area contributed by atoms with Crippen LogP contribution >= 0.6 is 27.3 Å². The van der Waals surface area contributed by atoms with E-state index in [4.69, 9.17) is 0 Å². The minimum absolute atomic E-state index is 0.0123. The predicted molar refractivity (Wildman–Crippen MR) is 110 cm³/mol. The molecule has 138 valence electrons. The second-order valence-corrected chi connectivity index (χ2v) is 9.25. The Morgan fingerprint density at radius 1 is 1.30 bits per heavy atom. The fraction of sp³-hybridized carbons (Fsp3) is 0.350. The van der Waals surface area contributed by atoms with Crippen molar-refractivity contribution in [2.45, 2.75) is 45.1 Å². The lowest BCUT2D eigenvalue weighted by molar-refractivity contribution is 0.0979. The fourth-order valence-electron chi connectivity index (χ4n) is 4.25. The topological polar surface area (TPSA) is 54.7 Å². The van der Waals surface area contributed by atoms with Crippen LogP contribution in [0.25, 0.3) is 4.96 Å². The number of hydrogen-bond acceptors (Lipinski definition) is 4. The number of fused-ring (bicyclic) bond motifs is 4. The van der Waals surface area contributed by atoms with Gasteiger partial charge in [-0.3, -0.25) is 14.0 Å². The molecule has 1 atom stereocenters. The van der Waals surface area contributed by atoms with Crippen LogP contribution in [-0.4, -0.2) is 21.3 Å². The van der Waals surface area contributed by atoms with Crippen molar-refractivity contribution in [1.82, 2.24) is 9.38 Å². The third-order valence-corrected chi connectivity index (χ3v) is 7.16. The largest absolute Gasteiger partial charge is 0.305 e. The Labute approximate surface area is 168 Å². The Morgan fingerprint density at radius 2 is 2.11 bits per heavy atom. The molecular weight excluding hydrogens is 426 g/mol. The summed E-state index contributed by atoms with van der Waals surface area (Å²) < 4.78 is 2.67. The van der Waals surface area contributed by atoms with Crippen molar-refractivity contribution in [3.8, 4) is 0 Å². The standard InChI is InChI=1S/C20H18BrN3O2S/c1-11-8-12-9-13(21)6-7-15(12)23(11)18(25)14-10-22-20-24(19(14)26)16-4-2-3-5-17(16)27-20/h6-7,9-11H,2-5,8H2,1H3/t11-/m1/s1. The zero-order valence-electron chi connectivity index (χ0n) is 14.9. The van der Waals surface area contributed by atoms with Gasteiger partial charge in [0.25, 0.3) is 11.5 Å². The van der Waals surface area contributed by atoms with Gasteiger partial charge in [0.1, 0.15) is 5.56 Å². The highest BCUT2D eigenvalue weighted by atomic mass is 79.9. The van der Waals surface area contributed by atoms with E-state index in [0.29, 0.717) is 4.96 Å². The van der Waals surface area contributed by atoms with Crippen LogP contribution in [0.5, 0.6) is 0 Å². The monoisotopic (exact) mass is 443 g/mol.